The maximum absolute atomic E-state index is 11.6. The van der Waals surface area contributed by atoms with Crippen LogP contribution in [0.5, 0.6) is 0 Å². The molecule has 0 aliphatic heterocycles. The van der Waals surface area contributed by atoms with Gasteiger partial charge in [-0.1, -0.05) is 24.8 Å². The first-order valence-corrected chi connectivity index (χ1v) is 6.99. The van der Waals surface area contributed by atoms with Crippen molar-refractivity contribution < 1.29 is 9.53 Å². The normalized spacial score (nSPS) is 11.5. The molecule has 0 spiro atoms. The molecule has 0 saturated carbocycles. The molecule has 0 fully saturated rings. The monoisotopic (exact) mass is 301 g/mol. The Balaban J connectivity index is 3.11. The Morgan fingerprint density at radius 3 is 2.62 bits per heavy atom. The molecule has 0 aromatic heterocycles. The van der Waals surface area contributed by atoms with Crippen LogP contribution in [0.15, 0.2) is 48.0 Å². The van der Waals surface area contributed by atoms with Gasteiger partial charge < -0.3 is 4.74 Å². The fraction of sp³-hybridized carbons (Fsp3) is 0.176. The van der Waals surface area contributed by atoms with E-state index in [4.69, 9.17) is 4.74 Å². The minimum absolute atomic E-state index is 0.355. The van der Waals surface area contributed by atoms with Gasteiger partial charge in [0.2, 0.25) is 0 Å². The first-order valence-electron chi connectivity index (χ1n) is 6.41. The second-order valence-corrected chi connectivity index (χ2v) is 5.21. The predicted octanol–water partition coefficient (Wildman–Crippen LogP) is 3.46. The number of hydrogen-bond donors (Lipinski definition) is 0. The number of carbonyl (C=O) groups is 1. The Hall–Kier alpha value is -1.99. The molecule has 1 rings (SSSR count). The number of hydrogen-bond acceptors (Lipinski definition) is 3. The van der Waals surface area contributed by atoms with Crippen molar-refractivity contribution >= 4 is 32.4 Å². The van der Waals surface area contributed by atoms with E-state index in [1.165, 1.54) is 7.11 Å². The van der Waals surface area contributed by atoms with E-state index in [2.05, 4.69) is 27.4 Å². The summed E-state index contributed by atoms with van der Waals surface area (Å²) in [6.45, 7) is 11.5. The van der Waals surface area contributed by atoms with Crippen LogP contribution in [0.2, 0.25) is 0 Å². The lowest BCUT2D eigenvalue weighted by Gasteiger charge is -2.11. The summed E-state index contributed by atoms with van der Waals surface area (Å²) in [6, 6.07) is 3.53. The fourth-order valence-electron chi connectivity index (χ4n) is 1.82. The smallest absolute Gasteiger partial charge is 0.337 e. The molecular formula is C17H20NO2P. The number of esters is 1. The summed E-state index contributed by atoms with van der Waals surface area (Å²) in [5.74, 6) is -0.355. The molecule has 3 nitrogen and oxygen atoms in total. The first-order chi connectivity index (χ1) is 9.90. The highest BCUT2D eigenvalue weighted by atomic mass is 31.0. The van der Waals surface area contributed by atoms with Crippen molar-refractivity contribution in [2.45, 2.75) is 13.8 Å². The van der Waals surface area contributed by atoms with Gasteiger partial charge >= 0.3 is 5.97 Å². The van der Waals surface area contributed by atoms with Gasteiger partial charge in [0.25, 0.3) is 0 Å². The molecule has 110 valence electrons. The Kier molecular flexibility index (Phi) is 6.26. The molecule has 0 saturated heterocycles. The van der Waals surface area contributed by atoms with E-state index in [1.54, 1.807) is 24.4 Å². The van der Waals surface area contributed by atoms with Crippen molar-refractivity contribution in [2.24, 2.45) is 4.99 Å². The maximum atomic E-state index is 11.6. The third-order valence-corrected chi connectivity index (χ3v) is 3.42. The molecular weight excluding hydrogens is 281 g/mol. The summed E-state index contributed by atoms with van der Waals surface area (Å²) in [6.07, 6.45) is 5.31. The van der Waals surface area contributed by atoms with E-state index in [9.17, 15) is 4.79 Å². The van der Waals surface area contributed by atoms with Crippen molar-refractivity contribution in [3.63, 3.8) is 0 Å². The molecule has 1 atom stereocenters. The minimum Gasteiger partial charge on any atom is -0.465 e. The van der Waals surface area contributed by atoms with Crippen LogP contribution < -0.4 is 5.30 Å². The van der Waals surface area contributed by atoms with Gasteiger partial charge in [0.05, 0.1) is 18.4 Å². The van der Waals surface area contributed by atoms with Gasteiger partial charge in [-0.05, 0) is 42.9 Å². The van der Waals surface area contributed by atoms with E-state index >= 15 is 0 Å². The molecule has 0 bridgehead atoms. The molecule has 4 heteroatoms. The van der Waals surface area contributed by atoms with Gasteiger partial charge in [-0.2, -0.15) is 0 Å². The Morgan fingerprint density at radius 2 is 2.10 bits per heavy atom. The van der Waals surface area contributed by atoms with Gasteiger partial charge in [0.1, 0.15) is 0 Å². The molecule has 0 heterocycles. The largest absolute Gasteiger partial charge is 0.465 e. The summed E-state index contributed by atoms with van der Waals surface area (Å²) >= 11 is 0. The number of methoxy groups -OCH3 is 1. The Morgan fingerprint density at radius 1 is 1.43 bits per heavy atom. The van der Waals surface area contributed by atoms with Crippen LogP contribution in [0.4, 0.5) is 0 Å². The maximum Gasteiger partial charge on any atom is 0.337 e. The van der Waals surface area contributed by atoms with E-state index in [0.29, 0.717) is 11.3 Å². The molecule has 0 aliphatic rings. The van der Waals surface area contributed by atoms with Crippen LogP contribution in [0, 0.1) is 6.92 Å². The molecule has 0 aliphatic carbocycles. The van der Waals surface area contributed by atoms with E-state index in [1.807, 2.05) is 19.9 Å². The molecule has 0 radical (unpaired) electrons. The van der Waals surface area contributed by atoms with Gasteiger partial charge in [-0.25, -0.2) is 4.79 Å². The predicted molar refractivity (Wildman–Crippen MR) is 93.3 cm³/mol. The third kappa shape index (κ3) is 4.51. The zero-order valence-corrected chi connectivity index (χ0v) is 13.8. The SMILES string of the molecule is C=C/C(C)=C\C=N\C(=C)c1c(C)cc(C(=O)OC)cc1P. The summed E-state index contributed by atoms with van der Waals surface area (Å²) in [5.41, 5.74) is 4.02. The number of nitrogens with zero attached hydrogens (tertiary/aromatic N) is 1. The van der Waals surface area contributed by atoms with Crippen LogP contribution in [0.1, 0.15) is 28.4 Å². The second-order valence-electron chi connectivity index (χ2n) is 4.59. The zero-order valence-electron chi connectivity index (χ0n) is 12.6. The highest BCUT2D eigenvalue weighted by Gasteiger charge is 2.12. The van der Waals surface area contributed by atoms with Gasteiger partial charge in [0.15, 0.2) is 0 Å². The molecule has 21 heavy (non-hydrogen) atoms. The van der Waals surface area contributed by atoms with E-state index in [0.717, 1.165) is 22.0 Å². The molecule has 0 N–H and O–H groups in total. The topological polar surface area (TPSA) is 38.7 Å². The number of ether oxygens (including phenoxy) is 1. The second kappa shape index (κ2) is 7.70. The number of aliphatic imine (C=N–C) groups is 1. The standard InChI is InChI=1S/C17H20NO2P/c1-6-11(2)7-8-18-13(4)16-12(3)9-14(10-15(16)21)17(19)20-5/h6-10H,1,4,21H2,2-3,5H3/b11-7-,18-8+. The van der Waals surface area contributed by atoms with Gasteiger partial charge in [-0.3, -0.25) is 4.99 Å². The highest BCUT2D eigenvalue weighted by molar-refractivity contribution is 7.27. The van der Waals surface area contributed by atoms with Crippen molar-refractivity contribution in [3.8, 4) is 0 Å². The number of rotatable bonds is 5. The van der Waals surface area contributed by atoms with Gasteiger partial charge in [-0.15, -0.1) is 9.24 Å². The number of carbonyl (C=O) groups excluding carboxylic acids is 1. The van der Waals surface area contributed by atoms with Crippen LogP contribution in [-0.4, -0.2) is 19.3 Å². The molecule has 0 amide bonds. The number of aryl methyl sites for hydroxylation is 1. The van der Waals surface area contributed by atoms with Crippen LogP contribution in [0.25, 0.3) is 5.70 Å². The molecule has 1 aromatic carbocycles. The Labute approximate surface area is 128 Å². The summed E-state index contributed by atoms with van der Waals surface area (Å²) in [7, 11) is 3.98. The number of allylic oxidation sites excluding steroid dienone is 3. The zero-order chi connectivity index (χ0) is 16.0. The summed E-state index contributed by atoms with van der Waals surface area (Å²) in [4.78, 5) is 15.9. The Bertz CT molecular complexity index is 619. The lowest BCUT2D eigenvalue weighted by atomic mass is 10.0. The quantitative estimate of drug-likeness (QED) is 0.361. The van der Waals surface area contributed by atoms with Crippen molar-refractivity contribution in [2.75, 3.05) is 7.11 Å². The number of benzene rings is 1. The average Bonchev–Trinajstić information content (AvgIpc) is 2.45. The van der Waals surface area contributed by atoms with E-state index in [-0.39, 0.29) is 5.97 Å². The van der Waals surface area contributed by atoms with Crippen LogP contribution in [0.3, 0.4) is 0 Å². The third-order valence-electron chi connectivity index (χ3n) is 2.97. The lowest BCUT2D eigenvalue weighted by molar-refractivity contribution is 0.0600. The molecule has 1 unspecified atom stereocenters. The van der Waals surface area contributed by atoms with Gasteiger partial charge in [0, 0.05) is 11.8 Å². The summed E-state index contributed by atoms with van der Waals surface area (Å²) < 4.78 is 4.73. The fourth-order valence-corrected chi connectivity index (χ4v) is 2.40. The van der Waals surface area contributed by atoms with Crippen LogP contribution in [-0.2, 0) is 4.74 Å². The van der Waals surface area contributed by atoms with E-state index < -0.39 is 0 Å². The van der Waals surface area contributed by atoms with Crippen LogP contribution >= 0.6 is 9.24 Å². The van der Waals surface area contributed by atoms with Crippen molar-refractivity contribution in [3.05, 3.63) is 59.7 Å². The lowest BCUT2D eigenvalue weighted by Crippen LogP contribution is -2.10. The van der Waals surface area contributed by atoms with Crippen molar-refractivity contribution in [1.29, 1.82) is 0 Å². The van der Waals surface area contributed by atoms with Crippen molar-refractivity contribution in [1.82, 2.24) is 0 Å². The molecule has 1 aromatic rings. The highest BCUT2D eigenvalue weighted by Crippen LogP contribution is 2.20. The average molecular weight is 301 g/mol. The first kappa shape index (κ1) is 17.1. The minimum atomic E-state index is -0.355. The summed E-state index contributed by atoms with van der Waals surface area (Å²) in [5, 5.41) is 0.863.